The molecule has 0 saturated heterocycles. The van der Waals surface area contributed by atoms with E-state index >= 15 is 0 Å². The summed E-state index contributed by atoms with van der Waals surface area (Å²) in [6.45, 7) is 3.04. The molecule has 1 N–H and O–H groups in total. The highest BCUT2D eigenvalue weighted by Crippen LogP contribution is 2.25. The van der Waals surface area contributed by atoms with Gasteiger partial charge in [0.25, 0.3) is 11.6 Å². The van der Waals surface area contributed by atoms with E-state index in [1.807, 2.05) is 24.4 Å². The number of carbonyl (C=O) groups excluding carboxylic acids is 1. The zero-order chi connectivity index (χ0) is 18.0. The summed E-state index contributed by atoms with van der Waals surface area (Å²) in [4.78, 5) is 22.7. The lowest BCUT2D eigenvalue weighted by molar-refractivity contribution is -0.384. The van der Waals surface area contributed by atoms with Crippen molar-refractivity contribution in [2.45, 2.75) is 19.9 Å². The van der Waals surface area contributed by atoms with Crippen molar-refractivity contribution in [2.24, 2.45) is 0 Å². The Labute approximate surface area is 149 Å². The lowest BCUT2D eigenvalue weighted by Crippen LogP contribution is -2.12. The zero-order valence-electron chi connectivity index (χ0n) is 13.5. The highest BCUT2D eigenvalue weighted by atomic mass is 35.5. The number of nitro groups is 1. The molecule has 3 rings (SSSR count). The molecule has 2 aromatic carbocycles. The molecule has 0 saturated carbocycles. The van der Waals surface area contributed by atoms with Gasteiger partial charge in [-0.3, -0.25) is 14.9 Å². The summed E-state index contributed by atoms with van der Waals surface area (Å²) in [6.07, 6.45) is 3.05. The molecule has 0 aliphatic carbocycles. The van der Waals surface area contributed by atoms with Crippen molar-refractivity contribution < 1.29 is 9.72 Å². The molecule has 0 radical (unpaired) electrons. The van der Waals surface area contributed by atoms with Crippen LogP contribution in [-0.4, -0.2) is 15.4 Å². The maximum absolute atomic E-state index is 12.4. The van der Waals surface area contributed by atoms with E-state index in [-0.39, 0.29) is 16.3 Å². The van der Waals surface area contributed by atoms with Crippen LogP contribution in [0.25, 0.3) is 10.9 Å². The van der Waals surface area contributed by atoms with Gasteiger partial charge in [-0.25, -0.2) is 0 Å². The van der Waals surface area contributed by atoms with Gasteiger partial charge >= 0.3 is 0 Å². The van der Waals surface area contributed by atoms with Crippen molar-refractivity contribution in [2.75, 3.05) is 5.32 Å². The Morgan fingerprint density at radius 3 is 2.76 bits per heavy atom. The number of fused-ring (bicyclic) bond motifs is 1. The number of rotatable bonds is 5. The van der Waals surface area contributed by atoms with Crippen molar-refractivity contribution in [1.82, 2.24) is 4.57 Å². The van der Waals surface area contributed by atoms with E-state index in [1.54, 1.807) is 6.07 Å². The van der Waals surface area contributed by atoms with Gasteiger partial charge in [-0.15, -0.1) is 0 Å². The number of carbonyl (C=O) groups is 1. The van der Waals surface area contributed by atoms with Gasteiger partial charge in [0.1, 0.15) is 0 Å². The number of hydrogen-bond acceptors (Lipinski definition) is 3. The minimum atomic E-state index is -0.560. The summed E-state index contributed by atoms with van der Waals surface area (Å²) >= 11 is 6.01. The van der Waals surface area contributed by atoms with Crippen LogP contribution >= 0.6 is 11.6 Å². The maximum Gasteiger partial charge on any atom is 0.270 e. The molecule has 0 unspecified atom stereocenters. The summed E-state index contributed by atoms with van der Waals surface area (Å²) in [7, 11) is 0. The molecule has 7 heteroatoms. The molecule has 1 amide bonds. The number of nitro benzene ring substituents is 1. The summed E-state index contributed by atoms with van der Waals surface area (Å²) in [5, 5.41) is 14.8. The van der Waals surface area contributed by atoms with E-state index in [9.17, 15) is 14.9 Å². The van der Waals surface area contributed by atoms with E-state index in [2.05, 4.69) is 16.8 Å². The van der Waals surface area contributed by atoms with Crippen LogP contribution in [0.1, 0.15) is 23.7 Å². The van der Waals surface area contributed by atoms with Crippen LogP contribution in [0.4, 0.5) is 11.4 Å². The monoisotopic (exact) mass is 357 g/mol. The molecular weight excluding hydrogens is 342 g/mol. The quantitative estimate of drug-likeness (QED) is 0.523. The van der Waals surface area contributed by atoms with Gasteiger partial charge in [0.05, 0.1) is 15.5 Å². The second-order valence-electron chi connectivity index (χ2n) is 5.66. The van der Waals surface area contributed by atoms with Crippen molar-refractivity contribution in [3.8, 4) is 0 Å². The standard InChI is InChI=1S/C18H16ClN3O3/c1-2-8-21-9-7-12-10-13(3-6-17(12)21)20-18(23)15-11-14(22(24)25)4-5-16(15)19/h3-7,9-11H,2,8H2,1H3,(H,20,23). The molecule has 128 valence electrons. The minimum Gasteiger partial charge on any atom is -0.347 e. The number of aromatic nitrogens is 1. The van der Waals surface area contributed by atoms with E-state index in [4.69, 9.17) is 11.6 Å². The van der Waals surface area contributed by atoms with E-state index < -0.39 is 10.8 Å². The highest BCUT2D eigenvalue weighted by molar-refractivity contribution is 6.34. The normalized spacial score (nSPS) is 10.8. The fourth-order valence-electron chi connectivity index (χ4n) is 2.71. The first-order chi connectivity index (χ1) is 12.0. The summed E-state index contributed by atoms with van der Waals surface area (Å²) in [5.74, 6) is -0.485. The molecule has 1 heterocycles. The molecule has 0 aliphatic rings. The number of nitrogens with one attached hydrogen (secondary N) is 1. The highest BCUT2D eigenvalue weighted by Gasteiger charge is 2.16. The Hall–Kier alpha value is -2.86. The van der Waals surface area contributed by atoms with Crippen LogP contribution in [0.15, 0.2) is 48.7 Å². The Morgan fingerprint density at radius 1 is 1.24 bits per heavy atom. The number of aryl methyl sites for hydroxylation is 1. The van der Waals surface area contributed by atoms with Crippen molar-refractivity contribution in [1.29, 1.82) is 0 Å². The van der Waals surface area contributed by atoms with Crippen LogP contribution in [0.3, 0.4) is 0 Å². The predicted octanol–water partition coefficient (Wildman–Crippen LogP) is 4.87. The third kappa shape index (κ3) is 3.49. The number of amides is 1. The van der Waals surface area contributed by atoms with E-state index in [0.29, 0.717) is 5.69 Å². The molecule has 0 atom stereocenters. The van der Waals surface area contributed by atoms with Crippen molar-refractivity contribution in [3.63, 3.8) is 0 Å². The molecule has 0 spiro atoms. The Kier molecular flexibility index (Phi) is 4.72. The minimum absolute atomic E-state index is 0.0690. The molecular formula is C18H16ClN3O3. The molecule has 0 bridgehead atoms. The third-order valence-corrected chi connectivity index (χ3v) is 4.23. The number of nitrogens with zero attached hydrogens (tertiary/aromatic N) is 2. The van der Waals surface area contributed by atoms with Gasteiger partial charge in [0.15, 0.2) is 0 Å². The lowest BCUT2D eigenvalue weighted by Gasteiger charge is -2.08. The Balaban J connectivity index is 1.87. The topological polar surface area (TPSA) is 77.2 Å². The Bertz CT molecular complexity index is 965. The number of anilines is 1. The predicted molar refractivity (Wildman–Crippen MR) is 98.3 cm³/mol. The summed E-state index contributed by atoms with van der Waals surface area (Å²) in [5.41, 5.74) is 1.59. The Morgan fingerprint density at radius 2 is 2.04 bits per heavy atom. The van der Waals surface area contributed by atoms with Gasteiger partial charge < -0.3 is 9.88 Å². The average Bonchev–Trinajstić information content (AvgIpc) is 2.97. The van der Waals surface area contributed by atoms with Crippen molar-refractivity contribution >= 4 is 39.8 Å². The largest absolute Gasteiger partial charge is 0.347 e. The number of benzene rings is 2. The average molecular weight is 358 g/mol. The van der Waals surface area contributed by atoms with Gasteiger partial charge in [-0.05, 0) is 36.8 Å². The first-order valence-electron chi connectivity index (χ1n) is 7.84. The molecule has 6 nitrogen and oxygen atoms in total. The van der Waals surface area contributed by atoms with Crippen LogP contribution in [0.5, 0.6) is 0 Å². The first-order valence-corrected chi connectivity index (χ1v) is 8.21. The van der Waals surface area contributed by atoms with Gasteiger partial charge in [0, 0.05) is 41.5 Å². The van der Waals surface area contributed by atoms with E-state index in [0.717, 1.165) is 23.9 Å². The molecule has 3 aromatic rings. The maximum atomic E-state index is 12.4. The molecule has 0 fully saturated rings. The van der Waals surface area contributed by atoms with Gasteiger partial charge in [-0.2, -0.15) is 0 Å². The number of halogens is 1. The van der Waals surface area contributed by atoms with E-state index in [1.165, 1.54) is 18.2 Å². The second-order valence-corrected chi connectivity index (χ2v) is 6.07. The fraction of sp³-hybridized carbons (Fsp3) is 0.167. The van der Waals surface area contributed by atoms with Gasteiger partial charge in [0.2, 0.25) is 0 Å². The molecule has 0 aliphatic heterocycles. The number of non-ortho nitro benzene ring substituents is 1. The zero-order valence-corrected chi connectivity index (χ0v) is 14.3. The van der Waals surface area contributed by atoms with Gasteiger partial charge in [-0.1, -0.05) is 18.5 Å². The van der Waals surface area contributed by atoms with Crippen LogP contribution in [0, 0.1) is 10.1 Å². The third-order valence-electron chi connectivity index (χ3n) is 3.90. The SMILES string of the molecule is CCCn1ccc2cc(NC(=O)c3cc([N+](=O)[O-])ccc3Cl)ccc21. The van der Waals surface area contributed by atoms with Crippen LogP contribution < -0.4 is 5.32 Å². The fourth-order valence-corrected chi connectivity index (χ4v) is 2.92. The molecule has 1 aromatic heterocycles. The van der Waals surface area contributed by atoms with Crippen LogP contribution in [-0.2, 0) is 6.54 Å². The summed E-state index contributed by atoms with van der Waals surface area (Å²) in [6, 6.07) is 11.4. The second kappa shape index (κ2) is 6.94. The molecule has 25 heavy (non-hydrogen) atoms. The first kappa shape index (κ1) is 17.0. The summed E-state index contributed by atoms with van der Waals surface area (Å²) < 4.78 is 2.15. The lowest BCUT2D eigenvalue weighted by atomic mass is 10.1. The smallest absolute Gasteiger partial charge is 0.270 e. The van der Waals surface area contributed by atoms with Crippen LogP contribution in [0.2, 0.25) is 5.02 Å². The van der Waals surface area contributed by atoms with Crippen molar-refractivity contribution in [3.05, 3.63) is 69.4 Å². The number of hydrogen-bond donors (Lipinski definition) is 1.